The molecule has 4 N–H and O–H groups in total. The highest BCUT2D eigenvalue weighted by molar-refractivity contribution is 5.76. The number of aliphatic hydroxyl groups is 1. The van der Waals surface area contributed by atoms with Gasteiger partial charge < -0.3 is 15.1 Å². The normalized spacial score (nSPS) is 16.8. The van der Waals surface area contributed by atoms with Crippen molar-refractivity contribution in [1.82, 2.24) is 0 Å². The molecule has 0 aliphatic heterocycles. The lowest BCUT2D eigenvalue weighted by Gasteiger charge is -2.14. The van der Waals surface area contributed by atoms with E-state index in [2.05, 4.69) is 10.7 Å². The molecule has 0 aliphatic carbocycles. The molecule has 0 saturated heterocycles. The molecule has 0 saturated carbocycles. The SMILES string of the molecule is CC(O)(CON)C(=O)O. The summed E-state index contributed by atoms with van der Waals surface area (Å²) >= 11 is 0. The topological polar surface area (TPSA) is 92.8 Å². The fraction of sp³-hybridized carbons (Fsp3) is 0.750. The number of nitrogens with two attached hydrogens (primary N) is 1. The van der Waals surface area contributed by atoms with Gasteiger partial charge in [-0.25, -0.2) is 10.7 Å². The van der Waals surface area contributed by atoms with Crippen LogP contribution in [0.4, 0.5) is 0 Å². The van der Waals surface area contributed by atoms with Gasteiger partial charge in [0.2, 0.25) is 0 Å². The number of rotatable bonds is 3. The standard InChI is InChI=1S/C4H9NO4/c1-4(8,2-9-5)3(6)7/h8H,2,5H2,1H3,(H,6,7). The van der Waals surface area contributed by atoms with Crippen molar-refractivity contribution in [3.63, 3.8) is 0 Å². The van der Waals surface area contributed by atoms with Crippen molar-refractivity contribution in [2.75, 3.05) is 6.61 Å². The van der Waals surface area contributed by atoms with Gasteiger partial charge in [-0.3, -0.25) is 0 Å². The Morgan fingerprint density at radius 2 is 2.33 bits per heavy atom. The van der Waals surface area contributed by atoms with E-state index in [0.717, 1.165) is 6.92 Å². The molecule has 1 atom stereocenters. The Kier molecular flexibility index (Phi) is 2.57. The Labute approximate surface area is 52.0 Å². The molecule has 0 aromatic carbocycles. The van der Waals surface area contributed by atoms with Gasteiger partial charge in [-0.1, -0.05) is 0 Å². The maximum Gasteiger partial charge on any atom is 0.337 e. The molecule has 0 radical (unpaired) electrons. The summed E-state index contributed by atoms with van der Waals surface area (Å²) in [5.74, 6) is 3.18. The largest absolute Gasteiger partial charge is 0.479 e. The molecule has 5 nitrogen and oxygen atoms in total. The van der Waals surface area contributed by atoms with Crippen LogP contribution in [0.2, 0.25) is 0 Å². The third kappa shape index (κ3) is 2.41. The average molecular weight is 135 g/mol. The fourth-order valence-corrected chi connectivity index (χ4v) is 0.224. The van der Waals surface area contributed by atoms with Crippen LogP contribution in [0.1, 0.15) is 6.92 Å². The zero-order valence-corrected chi connectivity index (χ0v) is 5.00. The molecule has 1 unspecified atom stereocenters. The molecule has 0 amide bonds. The zero-order chi connectivity index (χ0) is 7.49. The number of aliphatic carboxylic acids is 1. The van der Waals surface area contributed by atoms with Crippen LogP contribution in [-0.2, 0) is 9.63 Å². The van der Waals surface area contributed by atoms with Crippen molar-refractivity contribution in [3.05, 3.63) is 0 Å². The lowest BCUT2D eigenvalue weighted by Crippen LogP contribution is -2.40. The van der Waals surface area contributed by atoms with Crippen molar-refractivity contribution in [3.8, 4) is 0 Å². The van der Waals surface area contributed by atoms with E-state index >= 15 is 0 Å². The summed E-state index contributed by atoms with van der Waals surface area (Å²) < 4.78 is 0. The first-order chi connectivity index (χ1) is 4.00. The minimum atomic E-state index is -1.88. The van der Waals surface area contributed by atoms with Gasteiger partial charge in [0.15, 0.2) is 5.60 Å². The van der Waals surface area contributed by atoms with E-state index in [9.17, 15) is 4.79 Å². The quantitative estimate of drug-likeness (QED) is 0.419. The van der Waals surface area contributed by atoms with Crippen LogP contribution in [0.25, 0.3) is 0 Å². The van der Waals surface area contributed by atoms with E-state index in [4.69, 9.17) is 10.2 Å². The van der Waals surface area contributed by atoms with E-state index < -0.39 is 18.2 Å². The summed E-state index contributed by atoms with van der Waals surface area (Å²) in [6.07, 6.45) is 0. The second kappa shape index (κ2) is 2.77. The summed E-state index contributed by atoms with van der Waals surface area (Å²) in [6.45, 7) is 0.685. The van der Waals surface area contributed by atoms with Gasteiger partial charge in [0, 0.05) is 0 Å². The monoisotopic (exact) mass is 135 g/mol. The van der Waals surface area contributed by atoms with Gasteiger partial charge in [-0.2, -0.15) is 0 Å². The molecular weight excluding hydrogens is 126 g/mol. The van der Waals surface area contributed by atoms with Crippen molar-refractivity contribution in [2.24, 2.45) is 5.90 Å². The molecule has 0 heterocycles. The van der Waals surface area contributed by atoms with Gasteiger partial charge in [0.1, 0.15) is 6.61 Å². The van der Waals surface area contributed by atoms with Gasteiger partial charge in [-0.15, -0.1) is 0 Å². The molecule has 0 bridgehead atoms. The zero-order valence-electron chi connectivity index (χ0n) is 5.00. The summed E-state index contributed by atoms with van der Waals surface area (Å²) in [4.78, 5) is 14.0. The van der Waals surface area contributed by atoms with Crippen LogP contribution < -0.4 is 5.90 Å². The minimum Gasteiger partial charge on any atom is -0.479 e. The van der Waals surface area contributed by atoms with Gasteiger partial charge in [-0.05, 0) is 6.92 Å². The van der Waals surface area contributed by atoms with Gasteiger partial charge >= 0.3 is 5.97 Å². The average Bonchev–Trinajstić information content (AvgIpc) is 1.65. The predicted octanol–water partition coefficient (Wildman–Crippen LogP) is -1.29. The van der Waals surface area contributed by atoms with Gasteiger partial charge in [0.05, 0.1) is 0 Å². The van der Waals surface area contributed by atoms with Crippen LogP contribution >= 0.6 is 0 Å². The van der Waals surface area contributed by atoms with Crippen molar-refractivity contribution in [2.45, 2.75) is 12.5 Å². The van der Waals surface area contributed by atoms with Gasteiger partial charge in [0.25, 0.3) is 0 Å². The van der Waals surface area contributed by atoms with E-state index in [1.807, 2.05) is 0 Å². The van der Waals surface area contributed by atoms with E-state index in [-0.39, 0.29) is 0 Å². The lowest BCUT2D eigenvalue weighted by atomic mass is 10.1. The first-order valence-corrected chi connectivity index (χ1v) is 2.28. The van der Waals surface area contributed by atoms with Crippen molar-refractivity contribution < 1.29 is 19.8 Å². The third-order valence-corrected chi connectivity index (χ3v) is 0.825. The Morgan fingerprint density at radius 1 is 1.89 bits per heavy atom. The van der Waals surface area contributed by atoms with Crippen LogP contribution in [0.15, 0.2) is 0 Å². The first-order valence-electron chi connectivity index (χ1n) is 2.28. The molecule has 0 aromatic rings. The summed E-state index contributed by atoms with van der Waals surface area (Å²) in [6, 6.07) is 0. The predicted molar refractivity (Wildman–Crippen MR) is 28.4 cm³/mol. The number of hydrogen-bond acceptors (Lipinski definition) is 4. The van der Waals surface area contributed by atoms with Crippen LogP contribution in [0.3, 0.4) is 0 Å². The highest BCUT2D eigenvalue weighted by atomic mass is 16.6. The lowest BCUT2D eigenvalue weighted by molar-refractivity contribution is -0.162. The summed E-state index contributed by atoms with van der Waals surface area (Å²) in [7, 11) is 0. The Hall–Kier alpha value is -0.650. The number of carboxylic acid groups (broad SMARTS) is 1. The molecule has 54 valence electrons. The number of carboxylic acids is 1. The molecule has 9 heavy (non-hydrogen) atoms. The molecule has 0 spiro atoms. The second-order valence-corrected chi connectivity index (χ2v) is 1.89. The van der Waals surface area contributed by atoms with Crippen molar-refractivity contribution >= 4 is 5.97 Å². The molecule has 0 rings (SSSR count). The molecule has 0 fully saturated rings. The third-order valence-electron chi connectivity index (χ3n) is 0.825. The van der Waals surface area contributed by atoms with Crippen LogP contribution in [0, 0.1) is 0 Å². The summed E-state index contributed by atoms with van der Waals surface area (Å²) in [5, 5.41) is 17.0. The van der Waals surface area contributed by atoms with Crippen molar-refractivity contribution in [1.29, 1.82) is 0 Å². The molecule has 5 heteroatoms. The molecular formula is C4H9NO4. The first kappa shape index (κ1) is 8.35. The van der Waals surface area contributed by atoms with E-state index in [1.54, 1.807) is 0 Å². The number of carbonyl (C=O) groups is 1. The molecule has 0 aliphatic rings. The maximum absolute atomic E-state index is 10.0. The highest BCUT2D eigenvalue weighted by Crippen LogP contribution is 2.01. The van der Waals surface area contributed by atoms with Crippen LogP contribution in [-0.4, -0.2) is 28.4 Å². The second-order valence-electron chi connectivity index (χ2n) is 1.89. The van der Waals surface area contributed by atoms with E-state index in [1.165, 1.54) is 0 Å². The van der Waals surface area contributed by atoms with Crippen LogP contribution in [0.5, 0.6) is 0 Å². The Morgan fingerprint density at radius 3 is 2.44 bits per heavy atom. The fourth-order valence-electron chi connectivity index (χ4n) is 0.224. The van der Waals surface area contributed by atoms with E-state index in [0.29, 0.717) is 0 Å². The Balaban J connectivity index is 3.85. The minimum absolute atomic E-state index is 0.414. The summed E-state index contributed by atoms with van der Waals surface area (Å²) in [5.41, 5.74) is -1.88. The maximum atomic E-state index is 10.0. The molecule has 0 aromatic heterocycles. The Bertz CT molecular complexity index is 111. The highest BCUT2D eigenvalue weighted by Gasteiger charge is 2.29. The smallest absolute Gasteiger partial charge is 0.337 e. The number of hydrogen-bond donors (Lipinski definition) is 3.